The Bertz CT molecular complexity index is 325. The van der Waals surface area contributed by atoms with Crippen LogP contribution in [0.2, 0.25) is 0 Å². The molecule has 0 saturated heterocycles. The molecule has 0 bridgehead atoms. The number of nitrogens with zero attached hydrogens (tertiary/aromatic N) is 3. The summed E-state index contributed by atoms with van der Waals surface area (Å²) in [5.41, 5.74) is 0. The van der Waals surface area contributed by atoms with Crippen molar-refractivity contribution in [3.63, 3.8) is 0 Å². The summed E-state index contributed by atoms with van der Waals surface area (Å²) in [5, 5.41) is 18.6. The fourth-order valence-electron chi connectivity index (χ4n) is 1.09. The minimum Gasteiger partial charge on any atom is -0.382 e. The second-order valence-corrected chi connectivity index (χ2v) is 3.37. The molecule has 1 aromatic rings. The summed E-state index contributed by atoms with van der Waals surface area (Å²) >= 11 is 0. The standard InChI is InChI=1S/C8H13F3N4O/c1-15-5-13-14-7(15)2-3-12-4-6(16)8(9,10)11/h5-6,12,16H,2-4H2,1H3. The quantitative estimate of drug-likeness (QED) is 0.701. The predicted octanol–water partition coefficient (Wildman–Crippen LogP) is -0.130. The largest absolute Gasteiger partial charge is 0.415 e. The molecule has 0 aliphatic carbocycles. The Morgan fingerprint density at radius 3 is 2.75 bits per heavy atom. The Morgan fingerprint density at radius 1 is 1.56 bits per heavy atom. The van der Waals surface area contributed by atoms with Gasteiger partial charge in [-0.3, -0.25) is 0 Å². The van der Waals surface area contributed by atoms with Crippen molar-refractivity contribution in [2.45, 2.75) is 18.7 Å². The molecule has 0 spiro atoms. The second kappa shape index (κ2) is 5.26. The van der Waals surface area contributed by atoms with Crippen LogP contribution < -0.4 is 5.32 Å². The number of aryl methyl sites for hydroxylation is 1. The van der Waals surface area contributed by atoms with Crippen molar-refractivity contribution in [3.05, 3.63) is 12.2 Å². The van der Waals surface area contributed by atoms with Gasteiger partial charge in [0.25, 0.3) is 0 Å². The van der Waals surface area contributed by atoms with Gasteiger partial charge in [0.05, 0.1) is 0 Å². The number of aliphatic hydroxyl groups is 1. The molecule has 0 aromatic carbocycles. The van der Waals surface area contributed by atoms with E-state index in [1.807, 2.05) is 0 Å². The Labute approximate surface area is 90.3 Å². The monoisotopic (exact) mass is 238 g/mol. The van der Waals surface area contributed by atoms with E-state index in [-0.39, 0.29) is 0 Å². The maximum Gasteiger partial charge on any atom is 0.415 e. The van der Waals surface area contributed by atoms with Gasteiger partial charge in [-0.1, -0.05) is 0 Å². The van der Waals surface area contributed by atoms with Gasteiger partial charge in [0.1, 0.15) is 12.2 Å². The number of aromatic nitrogens is 3. The van der Waals surface area contributed by atoms with Gasteiger partial charge in [0.2, 0.25) is 0 Å². The van der Waals surface area contributed by atoms with Crippen LogP contribution in [0, 0.1) is 0 Å². The van der Waals surface area contributed by atoms with Crippen LogP contribution in [0.3, 0.4) is 0 Å². The lowest BCUT2D eigenvalue weighted by molar-refractivity contribution is -0.201. The van der Waals surface area contributed by atoms with E-state index < -0.39 is 18.8 Å². The van der Waals surface area contributed by atoms with Crippen molar-refractivity contribution in [3.8, 4) is 0 Å². The zero-order valence-corrected chi connectivity index (χ0v) is 8.70. The molecule has 1 atom stereocenters. The zero-order chi connectivity index (χ0) is 12.2. The molecule has 2 N–H and O–H groups in total. The second-order valence-electron chi connectivity index (χ2n) is 3.37. The number of nitrogens with one attached hydrogen (secondary N) is 1. The van der Waals surface area contributed by atoms with Crippen LogP contribution in [0.5, 0.6) is 0 Å². The Morgan fingerprint density at radius 2 is 2.25 bits per heavy atom. The summed E-state index contributed by atoms with van der Waals surface area (Å²) in [6, 6.07) is 0. The molecule has 8 heteroatoms. The first-order valence-electron chi connectivity index (χ1n) is 4.69. The van der Waals surface area contributed by atoms with Crippen molar-refractivity contribution in [2.24, 2.45) is 7.05 Å². The van der Waals surface area contributed by atoms with E-state index in [9.17, 15) is 13.2 Å². The van der Waals surface area contributed by atoms with Crippen LogP contribution in [-0.2, 0) is 13.5 Å². The molecule has 0 aliphatic rings. The van der Waals surface area contributed by atoms with Crippen LogP contribution in [0.25, 0.3) is 0 Å². The molecular weight excluding hydrogens is 225 g/mol. The summed E-state index contributed by atoms with van der Waals surface area (Å²) in [7, 11) is 1.75. The highest BCUT2D eigenvalue weighted by Gasteiger charge is 2.37. The summed E-state index contributed by atoms with van der Waals surface area (Å²) < 4.78 is 37.4. The van der Waals surface area contributed by atoms with Gasteiger partial charge in [-0.15, -0.1) is 10.2 Å². The minimum atomic E-state index is -4.57. The topological polar surface area (TPSA) is 63.0 Å². The van der Waals surface area contributed by atoms with E-state index in [1.54, 1.807) is 11.6 Å². The van der Waals surface area contributed by atoms with E-state index >= 15 is 0 Å². The molecule has 0 aliphatic heterocycles. The lowest BCUT2D eigenvalue weighted by Crippen LogP contribution is -2.39. The van der Waals surface area contributed by atoms with Crippen LogP contribution in [0.15, 0.2) is 6.33 Å². The molecule has 0 radical (unpaired) electrons. The Balaban J connectivity index is 2.20. The third-order valence-electron chi connectivity index (χ3n) is 2.05. The van der Waals surface area contributed by atoms with Crippen LogP contribution >= 0.6 is 0 Å². The van der Waals surface area contributed by atoms with Gasteiger partial charge in [0, 0.05) is 26.6 Å². The smallest absolute Gasteiger partial charge is 0.382 e. The molecule has 0 amide bonds. The predicted molar refractivity (Wildman–Crippen MR) is 49.6 cm³/mol. The molecule has 0 fully saturated rings. The molecule has 5 nitrogen and oxygen atoms in total. The maximum absolute atomic E-state index is 11.9. The van der Waals surface area contributed by atoms with Crippen LogP contribution in [-0.4, -0.2) is 45.2 Å². The molecule has 1 aromatic heterocycles. The third kappa shape index (κ3) is 3.78. The van der Waals surface area contributed by atoms with E-state index in [0.717, 1.165) is 0 Å². The molecule has 1 unspecified atom stereocenters. The normalized spacial score (nSPS) is 14.1. The Hall–Kier alpha value is -1.15. The lowest BCUT2D eigenvalue weighted by Gasteiger charge is -2.14. The number of hydrogen-bond acceptors (Lipinski definition) is 4. The highest BCUT2D eigenvalue weighted by atomic mass is 19.4. The lowest BCUT2D eigenvalue weighted by atomic mass is 10.3. The highest BCUT2D eigenvalue weighted by Crippen LogP contribution is 2.18. The average Bonchev–Trinajstić information content (AvgIpc) is 2.57. The minimum absolute atomic E-state index is 0.305. The first kappa shape index (κ1) is 12.9. The van der Waals surface area contributed by atoms with Gasteiger partial charge < -0.3 is 15.0 Å². The molecule has 0 saturated carbocycles. The van der Waals surface area contributed by atoms with E-state index in [4.69, 9.17) is 5.11 Å². The van der Waals surface area contributed by atoms with Gasteiger partial charge in [-0.2, -0.15) is 13.2 Å². The molecule has 1 rings (SSSR count). The third-order valence-corrected chi connectivity index (χ3v) is 2.05. The Kier molecular flexibility index (Phi) is 4.25. The van der Waals surface area contributed by atoms with Crippen LogP contribution in [0.1, 0.15) is 5.82 Å². The van der Waals surface area contributed by atoms with E-state index in [2.05, 4.69) is 15.5 Å². The van der Waals surface area contributed by atoms with Crippen molar-refractivity contribution in [1.82, 2.24) is 20.1 Å². The first-order valence-corrected chi connectivity index (χ1v) is 4.69. The van der Waals surface area contributed by atoms with Gasteiger partial charge >= 0.3 is 6.18 Å². The number of halogens is 3. The number of rotatable bonds is 5. The molecular formula is C8H13F3N4O. The summed E-state index contributed by atoms with van der Waals surface area (Å²) in [6.07, 6.45) is -4.93. The summed E-state index contributed by atoms with van der Waals surface area (Å²) in [5.74, 6) is 0.675. The van der Waals surface area contributed by atoms with Crippen molar-refractivity contribution < 1.29 is 18.3 Å². The van der Waals surface area contributed by atoms with Crippen molar-refractivity contribution in [1.29, 1.82) is 0 Å². The van der Waals surface area contributed by atoms with Gasteiger partial charge in [0.15, 0.2) is 6.10 Å². The van der Waals surface area contributed by atoms with Gasteiger partial charge in [-0.05, 0) is 0 Å². The number of alkyl halides is 3. The number of aliphatic hydroxyl groups excluding tert-OH is 1. The molecule has 1 heterocycles. The van der Waals surface area contributed by atoms with E-state index in [0.29, 0.717) is 18.8 Å². The summed E-state index contributed by atoms with van der Waals surface area (Å²) in [6.45, 7) is -0.207. The number of hydrogen-bond donors (Lipinski definition) is 2. The first-order chi connectivity index (χ1) is 7.41. The SMILES string of the molecule is Cn1cnnc1CCNCC(O)C(F)(F)F. The fourth-order valence-corrected chi connectivity index (χ4v) is 1.09. The maximum atomic E-state index is 11.9. The summed E-state index contributed by atoms with van der Waals surface area (Å²) in [4.78, 5) is 0. The van der Waals surface area contributed by atoms with Gasteiger partial charge in [-0.25, -0.2) is 0 Å². The van der Waals surface area contributed by atoms with Crippen molar-refractivity contribution >= 4 is 0 Å². The van der Waals surface area contributed by atoms with Crippen LogP contribution in [0.4, 0.5) is 13.2 Å². The van der Waals surface area contributed by atoms with E-state index in [1.165, 1.54) is 6.33 Å². The zero-order valence-electron chi connectivity index (χ0n) is 8.70. The van der Waals surface area contributed by atoms with Crippen molar-refractivity contribution in [2.75, 3.05) is 13.1 Å². The fraction of sp³-hybridized carbons (Fsp3) is 0.750. The highest BCUT2D eigenvalue weighted by molar-refractivity contribution is 4.85. The molecule has 16 heavy (non-hydrogen) atoms. The molecule has 92 valence electrons. The average molecular weight is 238 g/mol.